The molecule has 0 radical (unpaired) electrons. The van der Waals surface area contributed by atoms with Crippen LogP contribution in [0.25, 0.3) is 0 Å². The van der Waals surface area contributed by atoms with Gasteiger partial charge in [0.2, 0.25) is 15.9 Å². The summed E-state index contributed by atoms with van der Waals surface area (Å²) in [5, 5.41) is 5.75. The molecule has 2 rings (SSSR count). The molecule has 2 aromatic carbocycles. The Bertz CT molecular complexity index is 911. The van der Waals surface area contributed by atoms with Gasteiger partial charge in [-0.3, -0.25) is 4.79 Å². The highest BCUT2D eigenvalue weighted by molar-refractivity contribution is 7.89. The molecule has 0 unspecified atom stereocenters. The van der Waals surface area contributed by atoms with E-state index in [1.54, 1.807) is 31.2 Å². The third-order valence-corrected chi connectivity index (χ3v) is 5.82. The van der Waals surface area contributed by atoms with E-state index in [4.69, 9.17) is 4.74 Å². The second-order valence-corrected chi connectivity index (χ2v) is 8.22. The third-order valence-electron chi connectivity index (χ3n) is 3.86. The van der Waals surface area contributed by atoms with E-state index in [0.29, 0.717) is 29.3 Å². The van der Waals surface area contributed by atoms with E-state index in [0.717, 1.165) is 4.31 Å². The first kappa shape index (κ1) is 20.7. The van der Waals surface area contributed by atoms with Crippen LogP contribution in [0.5, 0.6) is 5.75 Å². The molecule has 7 nitrogen and oxygen atoms in total. The highest BCUT2D eigenvalue weighted by atomic mass is 32.2. The molecular weight excluding hydrogens is 366 g/mol. The van der Waals surface area contributed by atoms with E-state index in [9.17, 15) is 13.2 Å². The number of para-hydroxylation sites is 2. The summed E-state index contributed by atoms with van der Waals surface area (Å²) in [6, 6.07) is 12.2. The molecule has 0 atom stereocenters. The fourth-order valence-electron chi connectivity index (χ4n) is 2.41. The smallest absolute Gasteiger partial charge is 0.243 e. The van der Waals surface area contributed by atoms with Gasteiger partial charge in [-0.15, -0.1) is 0 Å². The van der Waals surface area contributed by atoms with Crippen LogP contribution in [0.2, 0.25) is 0 Å². The molecule has 0 aliphatic rings. The monoisotopic (exact) mass is 391 g/mol. The van der Waals surface area contributed by atoms with Crippen molar-refractivity contribution in [3.8, 4) is 5.75 Å². The van der Waals surface area contributed by atoms with E-state index >= 15 is 0 Å². The molecule has 0 aliphatic carbocycles. The van der Waals surface area contributed by atoms with Crippen LogP contribution in [-0.4, -0.2) is 45.9 Å². The summed E-state index contributed by atoms with van der Waals surface area (Å²) in [5.41, 5.74) is 1.78. The Hall–Kier alpha value is -2.58. The number of hydrogen-bond acceptors (Lipinski definition) is 5. The topological polar surface area (TPSA) is 87.7 Å². The first-order valence-corrected chi connectivity index (χ1v) is 9.98. The Balaban J connectivity index is 2.08. The van der Waals surface area contributed by atoms with Gasteiger partial charge in [-0.2, -0.15) is 0 Å². The molecule has 0 aromatic heterocycles. The Morgan fingerprint density at radius 1 is 1.15 bits per heavy atom. The lowest BCUT2D eigenvalue weighted by atomic mass is 10.2. The minimum absolute atomic E-state index is 0.00896. The second-order valence-electron chi connectivity index (χ2n) is 6.10. The number of anilines is 2. The molecule has 2 aromatic rings. The number of hydrogen-bond donors (Lipinski definition) is 2. The quantitative estimate of drug-likeness (QED) is 0.722. The summed E-state index contributed by atoms with van der Waals surface area (Å²) in [6.07, 6.45) is 0. The van der Waals surface area contributed by atoms with Crippen LogP contribution in [0.1, 0.15) is 12.5 Å². The fourth-order valence-corrected chi connectivity index (χ4v) is 3.56. The standard InChI is InChI=1S/C19H25N3O4S/c1-5-26-17-9-7-6-8-16(17)21-19(23)13-20-15-11-10-14(2)18(12-15)27(24,25)22(3)4/h6-12,20H,5,13H2,1-4H3,(H,21,23). The van der Waals surface area contributed by atoms with Gasteiger partial charge in [0.05, 0.1) is 23.7 Å². The normalized spacial score (nSPS) is 11.3. The molecule has 27 heavy (non-hydrogen) atoms. The average Bonchev–Trinajstić information content (AvgIpc) is 2.62. The van der Waals surface area contributed by atoms with Gasteiger partial charge in [0.1, 0.15) is 5.75 Å². The Morgan fingerprint density at radius 3 is 2.52 bits per heavy atom. The van der Waals surface area contributed by atoms with Crippen LogP contribution in [0, 0.1) is 6.92 Å². The average molecular weight is 391 g/mol. The van der Waals surface area contributed by atoms with Crippen molar-refractivity contribution in [2.75, 3.05) is 37.9 Å². The van der Waals surface area contributed by atoms with Crippen LogP contribution < -0.4 is 15.4 Å². The number of carbonyl (C=O) groups excluding carboxylic acids is 1. The van der Waals surface area contributed by atoms with Crippen LogP contribution in [0.3, 0.4) is 0 Å². The SMILES string of the molecule is CCOc1ccccc1NC(=O)CNc1ccc(C)c(S(=O)(=O)N(C)C)c1. The molecule has 1 amide bonds. The van der Waals surface area contributed by atoms with Gasteiger partial charge < -0.3 is 15.4 Å². The molecule has 0 bridgehead atoms. The number of aryl methyl sites for hydroxylation is 1. The number of nitrogens with zero attached hydrogens (tertiary/aromatic N) is 1. The Morgan fingerprint density at radius 2 is 1.85 bits per heavy atom. The summed E-state index contributed by atoms with van der Waals surface area (Å²) in [7, 11) is -0.584. The number of ether oxygens (including phenoxy) is 1. The van der Waals surface area contributed by atoms with Crippen LogP contribution in [0.4, 0.5) is 11.4 Å². The van der Waals surface area contributed by atoms with Crippen LogP contribution in [0.15, 0.2) is 47.4 Å². The number of sulfonamides is 1. The number of benzene rings is 2. The number of amides is 1. The van der Waals surface area contributed by atoms with Crippen LogP contribution in [-0.2, 0) is 14.8 Å². The summed E-state index contributed by atoms with van der Waals surface area (Å²) in [5.74, 6) is 0.336. The molecule has 0 fully saturated rings. The largest absolute Gasteiger partial charge is 0.492 e. The molecule has 0 spiro atoms. The van der Waals surface area contributed by atoms with Crippen molar-refractivity contribution in [2.45, 2.75) is 18.7 Å². The lowest BCUT2D eigenvalue weighted by molar-refractivity contribution is -0.114. The van der Waals surface area contributed by atoms with Crippen molar-refractivity contribution in [3.63, 3.8) is 0 Å². The summed E-state index contributed by atoms with van der Waals surface area (Å²) >= 11 is 0. The van der Waals surface area contributed by atoms with Crippen molar-refractivity contribution in [2.24, 2.45) is 0 Å². The molecule has 0 saturated heterocycles. The Kier molecular flexibility index (Phi) is 6.81. The van der Waals surface area contributed by atoms with Gasteiger partial charge >= 0.3 is 0 Å². The molecule has 2 N–H and O–H groups in total. The third kappa shape index (κ3) is 5.21. The first-order chi connectivity index (χ1) is 12.8. The van der Waals surface area contributed by atoms with Gasteiger partial charge in [-0.05, 0) is 43.7 Å². The predicted molar refractivity (Wildman–Crippen MR) is 107 cm³/mol. The first-order valence-electron chi connectivity index (χ1n) is 8.54. The maximum Gasteiger partial charge on any atom is 0.243 e. The molecule has 0 aliphatic heterocycles. The van der Waals surface area contributed by atoms with Gasteiger partial charge in [-0.1, -0.05) is 18.2 Å². The molecule has 8 heteroatoms. The summed E-state index contributed by atoms with van der Waals surface area (Å²) in [4.78, 5) is 12.5. The maximum atomic E-state index is 12.4. The van der Waals surface area contributed by atoms with Gasteiger partial charge in [0.15, 0.2) is 0 Å². The van der Waals surface area contributed by atoms with Crippen molar-refractivity contribution >= 4 is 27.3 Å². The van der Waals surface area contributed by atoms with Gasteiger partial charge in [0, 0.05) is 19.8 Å². The van der Waals surface area contributed by atoms with Crippen molar-refractivity contribution in [3.05, 3.63) is 48.0 Å². The lowest BCUT2D eigenvalue weighted by Crippen LogP contribution is -2.24. The Labute approximate surface area is 160 Å². The van der Waals surface area contributed by atoms with E-state index < -0.39 is 10.0 Å². The van der Waals surface area contributed by atoms with E-state index in [2.05, 4.69) is 10.6 Å². The summed E-state index contributed by atoms with van der Waals surface area (Å²) in [6.45, 7) is 4.09. The van der Waals surface area contributed by atoms with E-state index in [-0.39, 0.29) is 17.3 Å². The highest BCUT2D eigenvalue weighted by Gasteiger charge is 2.20. The number of carbonyl (C=O) groups is 1. The zero-order valence-electron chi connectivity index (χ0n) is 15.9. The van der Waals surface area contributed by atoms with Crippen molar-refractivity contribution in [1.82, 2.24) is 4.31 Å². The van der Waals surface area contributed by atoms with Gasteiger partial charge in [0.25, 0.3) is 0 Å². The zero-order chi connectivity index (χ0) is 20.0. The zero-order valence-corrected chi connectivity index (χ0v) is 16.8. The van der Waals surface area contributed by atoms with E-state index in [1.807, 2.05) is 19.1 Å². The van der Waals surface area contributed by atoms with Crippen LogP contribution >= 0.6 is 0 Å². The van der Waals surface area contributed by atoms with Gasteiger partial charge in [-0.25, -0.2) is 12.7 Å². The van der Waals surface area contributed by atoms with Crippen molar-refractivity contribution < 1.29 is 17.9 Å². The molecular formula is C19H25N3O4S. The molecule has 146 valence electrons. The predicted octanol–water partition coefficient (Wildman–Crippen LogP) is 2.69. The minimum atomic E-state index is -3.55. The highest BCUT2D eigenvalue weighted by Crippen LogP contribution is 2.24. The lowest BCUT2D eigenvalue weighted by Gasteiger charge is -2.15. The molecule has 0 saturated carbocycles. The maximum absolute atomic E-state index is 12.4. The summed E-state index contributed by atoms with van der Waals surface area (Å²) < 4.78 is 31.4. The minimum Gasteiger partial charge on any atom is -0.492 e. The fraction of sp³-hybridized carbons (Fsp3) is 0.316. The second kappa shape index (κ2) is 8.88. The van der Waals surface area contributed by atoms with Crippen molar-refractivity contribution in [1.29, 1.82) is 0 Å². The number of rotatable bonds is 8. The van der Waals surface area contributed by atoms with E-state index in [1.165, 1.54) is 20.2 Å². The number of nitrogens with one attached hydrogen (secondary N) is 2. The molecule has 0 heterocycles.